The molecule has 2 aromatic rings. The summed E-state index contributed by atoms with van der Waals surface area (Å²) in [4.78, 5) is 14.0. The number of benzene rings is 1. The van der Waals surface area contributed by atoms with E-state index in [1.165, 1.54) is 0 Å². The van der Waals surface area contributed by atoms with Gasteiger partial charge in [-0.3, -0.25) is 9.48 Å². The summed E-state index contributed by atoms with van der Waals surface area (Å²) >= 11 is 0. The number of carbonyl (C=O) groups excluding carboxylic acids is 1. The van der Waals surface area contributed by atoms with Crippen LogP contribution in [0.2, 0.25) is 0 Å². The molecule has 0 saturated heterocycles. The van der Waals surface area contributed by atoms with Gasteiger partial charge in [0, 0.05) is 30.3 Å². The van der Waals surface area contributed by atoms with Gasteiger partial charge in [0.2, 0.25) is 5.91 Å². The van der Waals surface area contributed by atoms with Gasteiger partial charge in [0.1, 0.15) is 6.54 Å². The lowest BCUT2D eigenvalue weighted by Crippen LogP contribution is -2.32. The van der Waals surface area contributed by atoms with E-state index in [0.717, 1.165) is 29.9 Å². The quantitative estimate of drug-likeness (QED) is 0.801. The van der Waals surface area contributed by atoms with Crippen molar-refractivity contribution < 1.29 is 4.79 Å². The van der Waals surface area contributed by atoms with Gasteiger partial charge in [-0.1, -0.05) is 0 Å². The summed E-state index contributed by atoms with van der Waals surface area (Å²) in [6, 6.07) is 7.50. The first-order valence-electron chi connectivity index (χ1n) is 5.90. The minimum Gasteiger partial charge on any atom is -0.399 e. The van der Waals surface area contributed by atoms with E-state index < -0.39 is 0 Å². The summed E-state index contributed by atoms with van der Waals surface area (Å²) in [7, 11) is 0. The first-order chi connectivity index (χ1) is 8.74. The van der Waals surface area contributed by atoms with Gasteiger partial charge >= 0.3 is 0 Å². The van der Waals surface area contributed by atoms with Crippen LogP contribution in [0.3, 0.4) is 0 Å². The molecule has 1 aliphatic rings. The fraction of sp³-hybridized carbons (Fsp3) is 0.231. The Morgan fingerprint density at radius 2 is 2.33 bits per heavy atom. The van der Waals surface area contributed by atoms with E-state index in [1.807, 2.05) is 24.3 Å². The van der Waals surface area contributed by atoms with Gasteiger partial charge in [-0.25, -0.2) is 0 Å². The number of hydrogen-bond donors (Lipinski definition) is 1. The molecule has 0 aliphatic carbocycles. The molecule has 0 unspecified atom stereocenters. The first-order valence-corrected chi connectivity index (χ1v) is 5.90. The normalized spacial score (nSPS) is 13.7. The lowest BCUT2D eigenvalue weighted by Gasteiger charge is -2.17. The predicted molar refractivity (Wildman–Crippen MR) is 69.1 cm³/mol. The molecular formula is C13H14N4O. The minimum absolute atomic E-state index is 0.0576. The maximum atomic E-state index is 12.2. The molecule has 1 aromatic heterocycles. The zero-order valence-corrected chi connectivity index (χ0v) is 9.91. The third kappa shape index (κ3) is 1.84. The highest BCUT2D eigenvalue weighted by atomic mass is 16.2. The largest absolute Gasteiger partial charge is 0.399 e. The molecule has 1 aromatic carbocycles. The second kappa shape index (κ2) is 4.18. The Bertz CT molecular complexity index is 577. The number of nitrogen functional groups attached to an aromatic ring is 1. The van der Waals surface area contributed by atoms with Crippen LogP contribution in [0.4, 0.5) is 11.4 Å². The molecular weight excluding hydrogens is 228 g/mol. The molecule has 92 valence electrons. The fourth-order valence-corrected chi connectivity index (χ4v) is 2.30. The van der Waals surface area contributed by atoms with E-state index in [0.29, 0.717) is 0 Å². The number of rotatable bonds is 2. The standard InChI is InChI=1S/C13H14N4O/c14-11-2-3-12-10(8-11)4-7-17(12)13(18)9-16-6-1-5-15-16/h1-3,5-6,8H,4,7,9,14H2. The van der Waals surface area contributed by atoms with Crippen molar-refractivity contribution in [3.05, 3.63) is 42.2 Å². The highest BCUT2D eigenvalue weighted by Crippen LogP contribution is 2.29. The average Bonchev–Trinajstić information content (AvgIpc) is 2.97. The number of nitrogens with zero attached hydrogens (tertiary/aromatic N) is 3. The molecule has 0 radical (unpaired) electrons. The predicted octanol–water partition coefficient (Wildman–Crippen LogP) is 1.05. The third-order valence-corrected chi connectivity index (χ3v) is 3.16. The van der Waals surface area contributed by atoms with Gasteiger partial charge in [-0.05, 0) is 36.2 Å². The number of nitrogens with two attached hydrogens (primary N) is 1. The number of anilines is 2. The highest BCUT2D eigenvalue weighted by Gasteiger charge is 2.24. The van der Waals surface area contributed by atoms with Gasteiger partial charge in [-0.2, -0.15) is 5.10 Å². The monoisotopic (exact) mass is 242 g/mol. The van der Waals surface area contributed by atoms with Crippen molar-refractivity contribution in [1.29, 1.82) is 0 Å². The van der Waals surface area contributed by atoms with Crippen LogP contribution < -0.4 is 10.6 Å². The van der Waals surface area contributed by atoms with Gasteiger partial charge < -0.3 is 10.6 Å². The maximum absolute atomic E-state index is 12.2. The Kier molecular flexibility index (Phi) is 2.51. The Morgan fingerprint density at radius 1 is 1.44 bits per heavy atom. The molecule has 18 heavy (non-hydrogen) atoms. The van der Waals surface area contributed by atoms with Crippen molar-refractivity contribution >= 4 is 17.3 Å². The Hall–Kier alpha value is -2.30. The molecule has 0 fully saturated rings. The molecule has 1 amide bonds. The van der Waals surface area contributed by atoms with E-state index in [1.54, 1.807) is 22.0 Å². The van der Waals surface area contributed by atoms with Crippen molar-refractivity contribution in [3.63, 3.8) is 0 Å². The van der Waals surface area contributed by atoms with Crippen LogP contribution >= 0.6 is 0 Å². The second-order valence-electron chi connectivity index (χ2n) is 4.39. The smallest absolute Gasteiger partial charge is 0.248 e. The Balaban J connectivity index is 1.81. The molecule has 0 spiro atoms. The van der Waals surface area contributed by atoms with Crippen LogP contribution in [-0.2, 0) is 17.8 Å². The minimum atomic E-state index is 0.0576. The average molecular weight is 242 g/mol. The van der Waals surface area contributed by atoms with Gasteiger partial charge in [0.05, 0.1) is 0 Å². The fourth-order valence-electron chi connectivity index (χ4n) is 2.30. The molecule has 2 N–H and O–H groups in total. The Morgan fingerprint density at radius 3 is 3.11 bits per heavy atom. The SMILES string of the molecule is Nc1ccc2c(c1)CCN2C(=O)Cn1cccn1. The zero-order valence-electron chi connectivity index (χ0n) is 9.91. The summed E-state index contributed by atoms with van der Waals surface area (Å²) in [6.45, 7) is 0.996. The molecule has 0 bridgehead atoms. The van der Waals surface area contributed by atoms with Crippen LogP contribution in [-0.4, -0.2) is 22.2 Å². The highest BCUT2D eigenvalue weighted by molar-refractivity contribution is 5.95. The van der Waals surface area contributed by atoms with Gasteiger partial charge in [-0.15, -0.1) is 0 Å². The van der Waals surface area contributed by atoms with Crippen molar-refractivity contribution in [2.24, 2.45) is 0 Å². The summed E-state index contributed by atoms with van der Waals surface area (Å²) in [5.74, 6) is 0.0576. The molecule has 5 nitrogen and oxygen atoms in total. The summed E-state index contributed by atoms with van der Waals surface area (Å²) in [5.41, 5.74) is 8.61. The van der Waals surface area contributed by atoms with Crippen LogP contribution in [0.15, 0.2) is 36.7 Å². The number of fused-ring (bicyclic) bond motifs is 1. The first kappa shape index (κ1) is 10.8. The van der Waals surface area contributed by atoms with Crippen LogP contribution in [0.5, 0.6) is 0 Å². The number of aromatic nitrogens is 2. The van der Waals surface area contributed by atoms with Gasteiger partial charge in [0.15, 0.2) is 0 Å². The van der Waals surface area contributed by atoms with E-state index in [4.69, 9.17) is 5.73 Å². The molecule has 0 atom stereocenters. The third-order valence-electron chi connectivity index (χ3n) is 3.16. The zero-order chi connectivity index (χ0) is 12.5. The van der Waals surface area contributed by atoms with E-state index in [-0.39, 0.29) is 12.5 Å². The lowest BCUT2D eigenvalue weighted by atomic mass is 10.1. The molecule has 2 heterocycles. The summed E-state index contributed by atoms with van der Waals surface area (Å²) in [5, 5.41) is 4.05. The topological polar surface area (TPSA) is 64.2 Å². The lowest BCUT2D eigenvalue weighted by molar-refractivity contribution is -0.119. The molecule has 3 rings (SSSR count). The summed E-state index contributed by atoms with van der Waals surface area (Å²) < 4.78 is 1.64. The van der Waals surface area contributed by atoms with Crippen LogP contribution in [0.1, 0.15) is 5.56 Å². The number of amides is 1. The van der Waals surface area contributed by atoms with E-state index in [2.05, 4.69) is 5.10 Å². The Labute approximate surface area is 105 Å². The molecule has 0 saturated carbocycles. The summed E-state index contributed by atoms with van der Waals surface area (Å²) in [6.07, 6.45) is 4.33. The maximum Gasteiger partial charge on any atom is 0.248 e. The van der Waals surface area contributed by atoms with E-state index in [9.17, 15) is 4.79 Å². The van der Waals surface area contributed by atoms with Crippen LogP contribution in [0.25, 0.3) is 0 Å². The molecule has 5 heteroatoms. The second-order valence-corrected chi connectivity index (χ2v) is 4.39. The number of hydrogen-bond acceptors (Lipinski definition) is 3. The number of carbonyl (C=O) groups is 1. The molecule has 1 aliphatic heterocycles. The van der Waals surface area contributed by atoms with Gasteiger partial charge in [0.25, 0.3) is 0 Å². The van der Waals surface area contributed by atoms with Crippen molar-refractivity contribution in [2.45, 2.75) is 13.0 Å². The van der Waals surface area contributed by atoms with Crippen LogP contribution in [0, 0.1) is 0 Å². The van der Waals surface area contributed by atoms with Crippen molar-refractivity contribution in [2.75, 3.05) is 17.2 Å². The van der Waals surface area contributed by atoms with E-state index >= 15 is 0 Å². The van der Waals surface area contributed by atoms with Crippen molar-refractivity contribution in [3.8, 4) is 0 Å². The van der Waals surface area contributed by atoms with Crippen molar-refractivity contribution in [1.82, 2.24) is 9.78 Å².